The van der Waals surface area contributed by atoms with Crippen LogP contribution in [-0.2, 0) is 16.0 Å². The standard InChI is InChI=1S/C22H30N4O3/c1-15-21(16(2)29-25-15)20-13-19(23-14-24-20)12-17-4-3-8-26(9-5-17)22(27)18-6-10-28-11-7-18/h13-14,17-18H,3-12H2,1-2H3. The molecule has 2 fully saturated rings. The van der Waals surface area contributed by atoms with Crippen molar-refractivity contribution >= 4 is 5.91 Å². The molecular formula is C22H30N4O3. The highest BCUT2D eigenvalue weighted by molar-refractivity contribution is 5.79. The number of ether oxygens (including phenoxy) is 1. The number of likely N-dealkylation sites (tertiary alicyclic amines) is 1. The summed E-state index contributed by atoms with van der Waals surface area (Å²) in [6.07, 6.45) is 7.49. The SMILES string of the molecule is Cc1noc(C)c1-c1cc(CC2CCCN(C(=O)C3CCOCC3)CC2)ncn1. The van der Waals surface area contributed by atoms with Crippen molar-refractivity contribution in [3.05, 3.63) is 29.5 Å². The molecule has 0 aliphatic carbocycles. The van der Waals surface area contributed by atoms with E-state index < -0.39 is 0 Å². The second-order valence-electron chi connectivity index (χ2n) is 8.31. The van der Waals surface area contributed by atoms with Gasteiger partial charge in [-0.2, -0.15) is 0 Å². The van der Waals surface area contributed by atoms with E-state index >= 15 is 0 Å². The van der Waals surface area contributed by atoms with Crippen molar-refractivity contribution in [2.24, 2.45) is 11.8 Å². The number of carbonyl (C=O) groups excluding carboxylic acids is 1. The van der Waals surface area contributed by atoms with Gasteiger partial charge in [-0.05, 0) is 64.4 Å². The number of amides is 1. The van der Waals surface area contributed by atoms with Crippen molar-refractivity contribution in [2.45, 2.75) is 52.4 Å². The third-order valence-corrected chi connectivity index (χ3v) is 6.24. The molecule has 1 atom stereocenters. The number of hydrogen-bond acceptors (Lipinski definition) is 6. The van der Waals surface area contributed by atoms with Crippen LogP contribution in [0.1, 0.15) is 49.3 Å². The molecule has 0 saturated carbocycles. The molecule has 0 aromatic carbocycles. The fraction of sp³-hybridized carbons (Fsp3) is 0.636. The highest BCUT2D eigenvalue weighted by atomic mass is 16.5. The number of rotatable bonds is 4. The Morgan fingerprint density at radius 3 is 2.72 bits per heavy atom. The average molecular weight is 399 g/mol. The minimum absolute atomic E-state index is 0.153. The summed E-state index contributed by atoms with van der Waals surface area (Å²) in [4.78, 5) is 23.9. The normalized spacial score (nSPS) is 21.2. The van der Waals surface area contributed by atoms with Crippen molar-refractivity contribution < 1.29 is 14.1 Å². The van der Waals surface area contributed by atoms with Crippen molar-refractivity contribution in [1.82, 2.24) is 20.0 Å². The van der Waals surface area contributed by atoms with Crippen LogP contribution in [-0.4, -0.2) is 52.2 Å². The van der Waals surface area contributed by atoms with E-state index in [1.165, 1.54) is 0 Å². The van der Waals surface area contributed by atoms with E-state index in [1.54, 1.807) is 6.33 Å². The summed E-state index contributed by atoms with van der Waals surface area (Å²) < 4.78 is 10.7. The van der Waals surface area contributed by atoms with Crippen LogP contribution < -0.4 is 0 Å². The first-order valence-corrected chi connectivity index (χ1v) is 10.7. The van der Waals surface area contributed by atoms with E-state index in [0.29, 0.717) is 25.0 Å². The van der Waals surface area contributed by atoms with E-state index in [-0.39, 0.29) is 5.92 Å². The first kappa shape index (κ1) is 20.0. The highest BCUT2D eigenvalue weighted by Gasteiger charge is 2.28. The highest BCUT2D eigenvalue weighted by Crippen LogP contribution is 2.28. The maximum atomic E-state index is 12.8. The molecule has 4 heterocycles. The molecule has 2 aromatic rings. The number of aryl methyl sites for hydroxylation is 2. The number of aromatic nitrogens is 3. The van der Waals surface area contributed by atoms with Gasteiger partial charge in [-0.15, -0.1) is 0 Å². The van der Waals surface area contributed by atoms with Gasteiger partial charge in [-0.1, -0.05) is 5.16 Å². The van der Waals surface area contributed by atoms with Crippen molar-refractivity contribution in [1.29, 1.82) is 0 Å². The van der Waals surface area contributed by atoms with Crippen molar-refractivity contribution in [3.63, 3.8) is 0 Å². The van der Waals surface area contributed by atoms with Crippen LogP contribution in [0.15, 0.2) is 16.9 Å². The Morgan fingerprint density at radius 1 is 1.14 bits per heavy atom. The Hall–Kier alpha value is -2.28. The first-order chi connectivity index (χ1) is 14.1. The smallest absolute Gasteiger partial charge is 0.225 e. The van der Waals surface area contributed by atoms with Crippen LogP contribution in [0.3, 0.4) is 0 Å². The summed E-state index contributed by atoms with van der Waals surface area (Å²) in [5, 5.41) is 4.03. The summed E-state index contributed by atoms with van der Waals surface area (Å²) in [5.74, 6) is 1.80. The molecule has 0 spiro atoms. The van der Waals surface area contributed by atoms with Crippen LogP contribution >= 0.6 is 0 Å². The Morgan fingerprint density at radius 2 is 1.97 bits per heavy atom. The molecule has 7 heteroatoms. The van der Waals surface area contributed by atoms with Gasteiger partial charge in [0.25, 0.3) is 0 Å². The van der Waals surface area contributed by atoms with Gasteiger partial charge in [0.1, 0.15) is 12.1 Å². The Kier molecular flexibility index (Phi) is 6.23. The number of nitrogens with zero attached hydrogens (tertiary/aromatic N) is 4. The predicted molar refractivity (Wildman–Crippen MR) is 108 cm³/mol. The van der Waals surface area contributed by atoms with Gasteiger partial charge in [0.2, 0.25) is 5.91 Å². The molecule has 1 amide bonds. The third-order valence-electron chi connectivity index (χ3n) is 6.24. The maximum Gasteiger partial charge on any atom is 0.225 e. The zero-order valence-corrected chi connectivity index (χ0v) is 17.4. The van der Waals surface area contributed by atoms with Crippen molar-refractivity contribution in [3.8, 4) is 11.3 Å². The lowest BCUT2D eigenvalue weighted by atomic mass is 9.94. The van der Waals surface area contributed by atoms with Gasteiger partial charge >= 0.3 is 0 Å². The van der Waals surface area contributed by atoms with Crippen LogP contribution in [0.25, 0.3) is 11.3 Å². The lowest BCUT2D eigenvalue weighted by molar-refractivity contribution is -0.138. The largest absolute Gasteiger partial charge is 0.381 e. The maximum absolute atomic E-state index is 12.8. The quantitative estimate of drug-likeness (QED) is 0.786. The van der Waals surface area contributed by atoms with Crippen molar-refractivity contribution in [2.75, 3.05) is 26.3 Å². The zero-order valence-electron chi connectivity index (χ0n) is 17.4. The topological polar surface area (TPSA) is 81.4 Å². The van der Waals surface area contributed by atoms with Gasteiger partial charge in [0.05, 0.1) is 17.0 Å². The van der Waals surface area contributed by atoms with Crippen LogP contribution in [0.2, 0.25) is 0 Å². The minimum Gasteiger partial charge on any atom is -0.381 e. The molecule has 2 aliphatic heterocycles. The number of carbonyl (C=O) groups is 1. The lowest BCUT2D eigenvalue weighted by Gasteiger charge is -2.28. The summed E-state index contributed by atoms with van der Waals surface area (Å²) in [5.41, 5.74) is 3.73. The van der Waals surface area contributed by atoms with Crippen LogP contribution in [0.5, 0.6) is 0 Å². The molecule has 0 N–H and O–H groups in total. The molecule has 29 heavy (non-hydrogen) atoms. The van der Waals surface area contributed by atoms with Gasteiger partial charge in [-0.3, -0.25) is 4.79 Å². The fourth-order valence-electron chi connectivity index (χ4n) is 4.58. The second-order valence-corrected chi connectivity index (χ2v) is 8.31. The molecule has 1 unspecified atom stereocenters. The first-order valence-electron chi connectivity index (χ1n) is 10.7. The van der Waals surface area contributed by atoms with Crippen LogP contribution in [0, 0.1) is 25.7 Å². The predicted octanol–water partition coefficient (Wildman–Crippen LogP) is 3.35. The van der Waals surface area contributed by atoms with E-state index in [0.717, 1.165) is 80.0 Å². The Bertz CT molecular complexity index is 825. The minimum atomic E-state index is 0.153. The molecule has 4 rings (SSSR count). The van der Waals surface area contributed by atoms with E-state index in [2.05, 4.69) is 26.1 Å². The molecule has 156 valence electrons. The summed E-state index contributed by atoms with van der Waals surface area (Å²) in [6.45, 7) is 7.00. The zero-order chi connectivity index (χ0) is 20.2. The van der Waals surface area contributed by atoms with Crippen LogP contribution in [0.4, 0.5) is 0 Å². The lowest BCUT2D eigenvalue weighted by Crippen LogP contribution is -2.39. The van der Waals surface area contributed by atoms with E-state index in [4.69, 9.17) is 9.26 Å². The van der Waals surface area contributed by atoms with Gasteiger partial charge in [0.15, 0.2) is 0 Å². The van der Waals surface area contributed by atoms with Gasteiger partial charge < -0.3 is 14.2 Å². The Labute approximate surface area is 171 Å². The second kappa shape index (κ2) is 9.03. The van der Waals surface area contributed by atoms with Gasteiger partial charge in [-0.25, -0.2) is 9.97 Å². The molecule has 2 saturated heterocycles. The van der Waals surface area contributed by atoms with E-state index in [1.807, 2.05) is 13.8 Å². The summed E-state index contributed by atoms with van der Waals surface area (Å²) >= 11 is 0. The summed E-state index contributed by atoms with van der Waals surface area (Å²) in [7, 11) is 0. The monoisotopic (exact) mass is 398 g/mol. The molecule has 0 bridgehead atoms. The fourth-order valence-corrected chi connectivity index (χ4v) is 4.58. The summed E-state index contributed by atoms with van der Waals surface area (Å²) in [6, 6.07) is 2.06. The third kappa shape index (κ3) is 4.66. The number of hydrogen-bond donors (Lipinski definition) is 0. The average Bonchev–Trinajstić information content (AvgIpc) is 2.93. The molecule has 2 aliphatic rings. The molecule has 2 aromatic heterocycles. The van der Waals surface area contributed by atoms with E-state index in [9.17, 15) is 4.79 Å². The molecule has 0 radical (unpaired) electrons. The Balaban J connectivity index is 1.38. The molecule has 7 nitrogen and oxygen atoms in total. The molecular weight excluding hydrogens is 368 g/mol. The van der Waals surface area contributed by atoms with Gasteiger partial charge in [0, 0.05) is 37.9 Å².